The lowest BCUT2D eigenvalue weighted by Crippen LogP contribution is -2.51. The van der Waals surface area contributed by atoms with Crippen molar-refractivity contribution < 1.29 is 9.47 Å². The number of guanidine groups is 1. The monoisotopic (exact) mass is 280 g/mol. The molecule has 2 rings (SSSR count). The highest BCUT2D eigenvalue weighted by Gasteiger charge is 2.22. The minimum absolute atomic E-state index is 0.113. The smallest absolute Gasteiger partial charge is 0.194 e. The summed E-state index contributed by atoms with van der Waals surface area (Å²) in [6.45, 7) is 3.75. The van der Waals surface area contributed by atoms with E-state index in [1.807, 2.05) is 26.4 Å². The summed E-state index contributed by atoms with van der Waals surface area (Å²) in [4.78, 5) is 6.58. The molecule has 0 radical (unpaired) electrons. The van der Waals surface area contributed by atoms with Gasteiger partial charge in [0.2, 0.25) is 0 Å². The van der Waals surface area contributed by atoms with Gasteiger partial charge < -0.3 is 24.3 Å². The molecule has 2 heterocycles. The van der Waals surface area contributed by atoms with Gasteiger partial charge in [-0.25, -0.2) is 0 Å². The van der Waals surface area contributed by atoms with Gasteiger partial charge in [-0.3, -0.25) is 4.99 Å². The highest BCUT2D eigenvalue weighted by atomic mass is 16.5. The Kier molecular flexibility index (Phi) is 5.43. The van der Waals surface area contributed by atoms with E-state index in [4.69, 9.17) is 9.47 Å². The fourth-order valence-electron chi connectivity index (χ4n) is 2.38. The third kappa shape index (κ3) is 3.74. The quantitative estimate of drug-likeness (QED) is 0.642. The number of rotatable bonds is 4. The van der Waals surface area contributed by atoms with Crippen molar-refractivity contribution in [2.75, 3.05) is 40.5 Å². The maximum atomic E-state index is 5.66. The summed E-state index contributed by atoms with van der Waals surface area (Å²) in [5.74, 6) is 0.913. The molecule has 1 saturated heterocycles. The molecule has 1 fully saturated rings. The van der Waals surface area contributed by atoms with E-state index in [1.54, 1.807) is 7.11 Å². The number of hydrogen-bond donors (Lipinski definition) is 1. The van der Waals surface area contributed by atoms with Gasteiger partial charge >= 0.3 is 0 Å². The molecule has 0 bridgehead atoms. The highest BCUT2D eigenvalue weighted by Crippen LogP contribution is 2.06. The number of methoxy groups -OCH3 is 1. The summed E-state index contributed by atoms with van der Waals surface area (Å²) in [5, 5.41) is 3.40. The van der Waals surface area contributed by atoms with Crippen LogP contribution in [0.2, 0.25) is 0 Å². The SMILES string of the molecule is CN=C(NCc1cccn1C)N1CCOC(COC)C1. The van der Waals surface area contributed by atoms with Gasteiger partial charge in [-0.2, -0.15) is 0 Å². The van der Waals surface area contributed by atoms with E-state index in [2.05, 4.69) is 25.8 Å². The number of nitrogens with zero attached hydrogens (tertiary/aromatic N) is 3. The van der Waals surface area contributed by atoms with Crippen LogP contribution in [0.3, 0.4) is 0 Å². The predicted molar refractivity (Wildman–Crippen MR) is 78.8 cm³/mol. The lowest BCUT2D eigenvalue weighted by atomic mass is 10.3. The van der Waals surface area contributed by atoms with Crippen molar-refractivity contribution >= 4 is 5.96 Å². The molecule has 20 heavy (non-hydrogen) atoms. The van der Waals surface area contributed by atoms with E-state index in [-0.39, 0.29) is 6.10 Å². The fourth-order valence-corrected chi connectivity index (χ4v) is 2.38. The molecule has 0 spiro atoms. The molecular formula is C14H24N4O2. The van der Waals surface area contributed by atoms with Gasteiger partial charge in [-0.15, -0.1) is 0 Å². The zero-order valence-corrected chi connectivity index (χ0v) is 12.5. The Balaban J connectivity index is 1.89. The molecule has 6 heteroatoms. The summed E-state index contributed by atoms with van der Waals surface area (Å²) in [7, 11) is 5.56. The van der Waals surface area contributed by atoms with Crippen molar-refractivity contribution in [1.29, 1.82) is 0 Å². The predicted octanol–water partition coefficient (Wildman–Crippen LogP) is 0.448. The van der Waals surface area contributed by atoms with Crippen LogP contribution in [-0.4, -0.2) is 62.0 Å². The Morgan fingerprint density at radius 1 is 1.60 bits per heavy atom. The van der Waals surface area contributed by atoms with Crippen LogP contribution >= 0.6 is 0 Å². The van der Waals surface area contributed by atoms with Crippen LogP contribution in [0.15, 0.2) is 23.3 Å². The second-order valence-electron chi connectivity index (χ2n) is 4.91. The van der Waals surface area contributed by atoms with E-state index >= 15 is 0 Å². The van der Waals surface area contributed by atoms with Gasteiger partial charge in [0.05, 0.1) is 25.9 Å². The van der Waals surface area contributed by atoms with Crippen LogP contribution in [0.25, 0.3) is 0 Å². The van der Waals surface area contributed by atoms with E-state index in [0.29, 0.717) is 13.2 Å². The van der Waals surface area contributed by atoms with Crippen molar-refractivity contribution in [1.82, 2.24) is 14.8 Å². The molecule has 1 aliphatic rings. The molecular weight excluding hydrogens is 256 g/mol. The summed E-state index contributed by atoms with van der Waals surface area (Å²) >= 11 is 0. The maximum absolute atomic E-state index is 5.66. The number of hydrogen-bond acceptors (Lipinski definition) is 3. The van der Waals surface area contributed by atoms with Crippen molar-refractivity contribution in [2.24, 2.45) is 12.0 Å². The molecule has 0 amide bonds. The molecule has 6 nitrogen and oxygen atoms in total. The summed E-state index contributed by atoms with van der Waals surface area (Å²) < 4.78 is 12.9. The molecule has 1 aromatic heterocycles. The minimum Gasteiger partial charge on any atom is -0.382 e. The van der Waals surface area contributed by atoms with Gasteiger partial charge in [-0.1, -0.05) is 0 Å². The number of aromatic nitrogens is 1. The number of ether oxygens (including phenoxy) is 2. The molecule has 0 aromatic carbocycles. The van der Waals surface area contributed by atoms with Crippen molar-refractivity contribution in [3.8, 4) is 0 Å². The maximum Gasteiger partial charge on any atom is 0.194 e. The molecule has 112 valence electrons. The topological polar surface area (TPSA) is 51.0 Å². The van der Waals surface area contributed by atoms with Crippen molar-refractivity contribution in [3.63, 3.8) is 0 Å². The number of nitrogens with one attached hydrogen (secondary N) is 1. The molecule has 1 unspecified atom stereocenters. The summed E-state index contributed by atoms with van der Waals surface area (Å²) in [6, 6.07) is 4.15. The van der Waals surface area contributed by atoms with Crippen molar-refractivity contribution in [3.05, 3.63) is 24.0 Å². The lowest BCUT2D eigenvalue weighted by Gasteiger charge is -2.34. The Morgan fingerprint density at radius 3 is 3.10 bits per heavy atom. The number of aryl methyl sites for hydroxylation is 1. The molecule has 0 saturated carbocycles. The van der Waals surface area contributed by atoms with E-state index < -0.39 is 0 Å². The first-order valence-electron chi connectivity index (χ1n) is 6.91. The average molecular weight is 280 g/mol. The van der Waals surface area contributed by atoms with Crippen LogP contribution < -0.4 is 5.32 Å². The molecule has 1 atom stereocenters. The molecule has 0 aliphatic carbocycles. The van der Waals surface area contributed by atoms with Gasteiger partial charge in [0, 0.05) is 46.2 Å². The Hall–Kier alpha value is -1.53. The third-order valence-corrected chi connectivity index (χ3v) is 3.48. The first kappa shape index (κ1) is 14.9. The molecule has 1 aliphatic heterocycles. The van der Waals surface area contributed by atoms with Crippen LogP contribution in [0.1, 0.15) is 5.69 Å². The van der Waals surface area contributed by atoms with Crippen LogP contribution in [0, 0.1) is 0 Å². The summed E-state index contributed by atoms with van der Waals surface area (Å²) in [6.07, 6.45) is 2.16. The normalized spacial score (nSPS) is 20.2. The lowest BCUT2D eigenvalue weighted by molar-refractivity contribution is -0.0447. The second kappa shape index (κ2) is 7.31. The third-order valence-electron chi connectivity index (χ3n) is 3.48. The summed E-state index contributed by atoms with van der Waals surface area (Å²) in [5.41, 5.74) is 1.23. The molecule has 1 aromatic rings. The van der Waals surface area contributed by atoms with Gasteiger partial charge in [0.1, 0.15) is 0 Å². The van der Waals surface area contributed by atoms with Crippen LogP contribution in [0.4, 0.5) is 0 Å². The van der Waals surface area contributed by atoms with Crippen LogP contribution in [0.5, 0.6) is 0 Å². The first-order valence-corrected chi connectivity index (χ1v) is 6.91. The van der Waals surface area contributed by atoms with E-state index in [1.165, 1.54) is 5.69 Å². The number of aliphatic imine (C=N–C) groups is 1. The van der Waals surface area contributed by atoms with E-state index in [0.717, 1.165) is 25.6 Å². The molecule has 1 N–H and O–H groups in total. The number of morpholine rings is 1. The van der Waals surface area contributed by atoms with Crippen LogP contribution in [-0.2, 0) is 23.1 Å². The Bertz CT molecular complexity index is 442. The average Bonchev–Trinajstić information content (AvgIpc) is 2.86. The van der Waals surface area contributed by atoms with Crippen molar-refractivity contribution in [2.45, 2.75) is 12.6 Å². The fraction of sp³-hybridized carbons (Fsp3) is 0.643. The van der Waals surface area contributed by atoms with Gasteiger partial charge in [0.15, 0.2) is 5.96 Å². The highest BCUT2D eigenvalue weighted by molar-refractivity contribution is 5.79. The van der Waals surface area contributed by atoms with Gasteiger partial charge in [0.25, 0.3) is 0 Å². The first-order chi connectivity index (χ1) is 9.74. The van der Waals surface area contributed by atoms with Gasteiger partial charge in [-0.05, 0) is 12.1 Å². The zero-order chi connectivity index (χ0) is 14.4. The second-order valence-corrected chi connectivity index (χ2v) is 4.91. The standard InChI is InChI=1S/C14H24N4O2/c1-15-14(16-9-12-5-4-6-17(12)2)18-7-8-20-13(10-18)11-19-3/h4-6,13H,7-11H2,1-3H3,(H,15,16). The Labute approximate surface area is 120 Å². The largest absolute Gasteiger partial charge is 0.382 e. The van der Waals surface area contributed by atoms with E-state index in [9.17, 15) is 0 Å². The Morgan fingerprint density at radius 2 is 2.45 bits per heavy atom. The minimum atomic E-state index is 0.113. The zero-order valence-electron chi connectivity index (χ0n) is 12.5.